The van der Waals surface area contributed by atoms with Gasteiger partial charge in [0, 0.05) is 13.1 Å². The topological polar surface area (TPSA) is 57.6 Å². The molecule has 0 radical (unpaired) electrons. The van der Waals surface area contributed by atoms with E-state index in [4.69, 9.17) is 0 Å². The molecule has 1 N–H and O–H groups in total. The van der Waals surface area contributed by atoms with Gasteiger partial charge in [0.25, 0.3) is 0 Å². The largest absolute Gasteiger partial charge is 0.389 e. The Morgan fingerprint density at radius 2 is 1.74 bits per heavy atom. The van der Waals surface area contributed by atoms with E-state index in [0.717, 1.165) is 16.7 Å². The second kappa shape index (κ2) is 4.58. The summed E-state index contributed by atoms with van der Waals surface area (Å²) in [5, 5.41) is 9.95. The number of sulfonamides is 1. The van der Waals surface area contributed by atoms with E-state index in [1.807, 2.05) is 32.9 Å². The molecule has 1 fully saturated rings. The van der Waals surface area contributed by atoms with Gasteiger partial charge in [0.15, 0.2) is 0 Å². The molecule has 1 unspecified atom stereocenters. The molecule has 0 bridgehead atoms. The highest BCUT2D eigenvalue weighted by atomic mass is 32.2. The van der Waals surface area contributed by atoms with Gasteiger partial charge < -0.3 is 5.11 Å². The first-order chi connectivity index (χ1) is 8.63. The summed E-state index contributed by atoms with van der Waals surface area (Å²) in [5.41, 5.74) is 1.68. The van der Waals surface area contributed by atoms with Gasteiger partial charge in [-0.25, -0.2) is 8.42 Å². The van der Waals surface area contributed by atoms with Gasteiger partial charge in [-0.3, -0.25) is 0 Å². The van der Waals surface area contributed by atoms with E-state index >= 15 is 0 Å². The van der Waals surface area contributed by atoms with Gasteiger partial charge in [-0.15, -0.1) is 0 Å². The third-order valence-electron chi connectivity index (χ3n) is 3.62. The standard InChI is InChI=1S/C14H21NO3S/c1-10-7-11(2)13(12(3)8-10)19(17,18)15-6-5-14(4,16)9-15/h7-8,16H,5-6,9H2,1-4H3. The van der Waals surface area contributed by atoms with Crippen LogP contribution in [0.3, 0.4) is 0 Å². The van der Waals surface area contributed by atoms with Crippen molar-refractivity contribution in [2.75, 3.05) is 13.1 Å². The van der Waals surface area contributed by atoms with Crippen molar-refractivity contribution in [1.82, 2.24) is 4.31 Å². The summed E-state index contributed by atoms with van der Waals surface area (Å²) in [6.07, 6.45) is 0.482. The Labute approximate surface area is 115 Å². The fourth-order valence-corrected chi connectivity index (χ4v) is 4.78. The summed E-state index contributed by atoms with van der Waals surface area (Å²) < 4.78 is 26.8. The van der Waals surface area contributed by atoms with E-state index in [1.165, 1.54) is 4.31 Å². The molecule has 0 amide bonds. The fraction of sp³-hybridized carbons (Fsp3) is 0.571. The van der Waals surface area contributed by atoms with Gasteiger partial charge in [-0.2, -0.15) is 4.31 Å². The fourth-order valence-electron chi connectivity index (χ4n) is 2.81. The van der Waals surface area contributed by atoms with Crippen molar-refractivity contribution in [2.45, 2.75) is 44.6 Å². The molecule has 1 aliphatic rings. The Morgan fingerprint density at radius 3 is 2.16 bits per heavy atom. The molecular formula is C14H21NO3S. The molecule has 1 atom stereocenters. The summed E-state index contributed by atoms with van der Waals surface area (Å²) in [4.78, 5) is 0.385. The minimum absolute atomic E-state index is 0.169. The van der Waals surface area contributed by atoms with Crippen LogP contribution < -0.4 is 0 Å². The lowest BCUT2D eigenvalue weighted by atomic mass is 10.1. The van der Waals surface area contributed by atoms with Crippen LogP contribution in [0.5, 0.6) is 0 Å². The Bertz CT molecular complexity index is 582. The summed E-state index contributed by atoms with van der Waals surface area (Å²) in [6, 6.07) is 3.77. The molecule has 0 aliphatic carbocycles. The lowest BCUT2D eigenvalue weighted by Crippen LogP contribution is -2.34. The number of rotatable bonds is 2. The minimum atomic E-state index is -3.51. The highest BCUT2D eigenvalue weighted by Gasteiger charge is 2.39. The van der Waals surface area contributed by atoms with Gasteiger partial charge in [0.1, 0.15) is 0 Å². The number of aliphatic hydroxyl groups is 1. The maximum atomic E-state index is 12.7. The van der Waals surface area contributed by atoms with Crippen molar-refractivity contribution >= 4 is 10.0 Å². The van der Waals surface area contributed by atoms with Crippen LogP contribution in [0.15, 0.2) is 17.0 Å². The van der Waals surface area contributed by atoms with Crippen molar-refractivity contribution < 1.29 is 13.5 Å². The van der Waals surface area contributed by atoms with Crippen LogP contribution in [0.1, 0.15) is 30.0 Å². The predicted molar refractivity (Wildman–Crippen MR) is 74.7 cm³/mol. The molecule has 5 heteroatoms. The molecule has 106 valence electrons. The number of hydrogen-bond acceptors (Lipinski definition) is 3. The highest BCUT2D eigenvalue weighted by molar-refractivity contribution is 7.89. The number of aryl methyl sites for hydroxylation is 3. The predicted octanol–water partition coefficient (Wildman–Crippen LogP) is 1.76. The van der Waals surface area contributed by atoms with Crippen molar-refractivity contribution in [2.24, 2.45) is 0 Å². The smallest absolute Gasteiger partial charge is 0.243 e. The average molecular weight is 283 g/mol. The monoisotopic (exact) mass is 283 g/mol. The van der Waals surface area contributed by atoms with E-state index in [1.54, 1.807) is 6.92 Å². The maximum absolute atomic E-state index is 12.7. The first-order valence-corrected chi connectivity index (χ1v) is 7.88. The van der Waals surface area contributed by atoms with Gasteiger partial charge in [-0.05, 0) is 45.2 Å². The van der Waals surface area contributed by atoms with Crippen LogP contribution in [-0.4, -0.2) is 36.5 Å². The molecule has 0 saturated carbocycles. The zero-order chi connectivity index (χ0) is 14.4. The molecule has 0 aromatic heterocycles. The van der Waals surface area contributed by atoms with Crippen molar-refractivity contribution in [3.05, 3.63) is 28.8 Å². The summed E-state index contributed by atoms with van der Waals surface area (Å²) in [5.74, 6) is 0. The molecule has 4 nitrogen and oxygen atoms in total. The van der Waals surface area contributed by atoms with Crippen LogP contribution in [-0.2, 0) is 10.0 Å². The normalized spacial score (nSPS) is 24.9. The molecule has 1 aliphatic heterocycles. The highest BCUT2D eigenvalue weighted by Crippen LogP contribution is 2.30. The Morgan fingerprint density at radius 1 is 1.21 bits per heavy atom. The number of β-amino-alcohol motifs (C(OH)–C–C–N with tert-alkyl or cyclic N) is 1. The zero-order valence-corrected chi connectivity index (χ0v) is 12.7. The van der Waals surface area contributed by atoms with Crippen LogP contribution in [0, 0.1) is 20.8 Å². The van der Waals surface area contributed by atoms with Gasteiger partial charge in [0.2, 0.25) is 10.0 Å². The average Bonchev–Trinajstić information content (AvgIpc) is 2.57. The van der Waals surface area contributed by atoms with E-state index in [0.29, 0.717) is 17.9 Å². The van der Waals surface area contributed by atoms with Crippen molar-refractivity contribution in [3.63, 3.8) is 0 Å². The van der Waals surface area contributed by atoms with Gasteiger partial charge >= 0.3 is 0 Å². The zero-order valence-electron chi connectivity index (χ0n) is 11.9. The molecule has 2 rings (SSSR count). The molecule has 1 aromatic rings. The molecule has 19 heavy (non-hydrogen) atoms. The van der Waals surface area contributed by atoms with E-state index in [9.17, 15) is 13.5 Å². The van der Waals surface area contributed by atoms with E-state index in [2.05, 4.69) is 0 Å². The lowest BCUT2D eigenvalue weighted by molar-refractivity contribution is 0.0762. The van der Waals surface area contributed by atoms with Crippen molar-refractivity contribution in [1.29, 1.82) is 0 Å². The summed E-state index contributed by atoms with van der Waals surface area (Å²) in [7, 11) is -3.51. The first-order valence-electron chi connectivity index (χ1n) is 6.44. The van der Waals surface area contributed by atoms with Gasteiger partial charge in [-0.1, -0.05) is 17.7 Å². The molecule has 0 spiro atoms. The summed E-state index contributed by atoms with van der Waals surface area (Å²) in [6.45, 7) is 7.82. The van der Waals surface area contributed by atoms with Gasteiger partial charge in [0.05, 0.1) is 10.5 Å². The second-order valence-corrected chi connectivity index (χ2v) is 7.69. The van der Waals surface area contributed by atoms with Crippen LogP contribution >= 0.6 is 0 Å². The number of nitrogens with zero attached hydrogens (tertiary/aromatic N) is 1. The molecule has 1 saturated heterocycles. The SMILES string of the molecule is Cc1cc(C)c(S(=O)(=O)N2CCC(C)(O)C2)c(C)c1. The number of hydrogen-bond donors (Lipinski definition) is 1. The third kappa shape index (κ3) is 2.68. The van der Waals surface area contributed by atoms with Crippen LogP contribution in [0.4, 0.5) is 0 Å². The molecular weight excluding hydrogens is 262 g/mol. The second-order valence-electron chi connectivity index (χ2n) is 5.81. The Kier molecular flexibility index (Phi) is 3.49. The Hall–Kier alpha value is -0.910. The van der Waals surface area contributed by atoms with E-state index < -0.39 is 15.6 Å². The third-order valence-corrected chi connectivity index (χ3v) is 5.77. The quantitative estimate of drug-likeness (QED) is 0.899. The summed E-state index contributed by atoms with van der Waals surface area (Å²) >= 11 is 0. The number of benzene rings is 1. The van der Waals surface area contributed by atoms with E-state index in [-0.39, 0.29) is 6.54 Å². The van der Waals surface area contributed by atoms with Crippen LogP contribution in [0.25, 0.3) is 0 Å². The molecule has 1 aromatic carbocycles. The Balaban J connectivity index is 2.47. The first kappa shape index (κ1) is 14.5. The van der Waals surface area contributed by atoms with Crippen molar-refractivity contribution in [3.8, 4) is 0 Å². The molecule has 1 heterocycles. The minimum Gasteiger partial charge on any atom is -0.389 e. The lowest BCUT2D eigenvalue weighted by Gasteiger charge is -2.21. The van der Waals surface area contributed by atoms with Crippen LogP contribution in [0.2, 0.25) is 0 Å². The maximum Gasteiger partial charge on any atom is 0.243 e.